The Morgan fingerprint density at radius 2 is 1.49 bits per heavy atom. The van der Waals surface area contributed by atoms with Gasteiger partial charge in [0.1, 0.15) is 5.56 Å². The lowest BCUT2D eigenvalue weighted by atomic mass is 9.94. The lowest BCUT2D eigenvalue weighted by Crippen LogP contribution is -2.49. The first-order valence-electron chi connectivity index (χ1n) is 13.6. The summed E-state index contributed by atoms with van der Waals surface area (Å²) < 4.78 is 2.90. The number of piperazine rings is 1. The van der Waals surface area contributed by atoms with Gasteiger partial charge in [0.25, 0.3) is 5.56 Å². The molecular formula is C26H41N5O4. The first-order valence-corrected chi connectivity index (χ1v) is 13.6. The zero-order chi connectivity index (χ0) is 24.8. The maximum atomic E-state index is 13.5. The molecule has 0 spiro atoms. The molecule has 1 amide bonds. The van der Waals surface area contributed by atoms with Crippen molar-refractivity contribution in [1.29, 1.82) is 0 Å². The molecule has 9 heteroatoms. The molecule has 1 aromatic heterocycles. The molecule has 194 valence electrons. The minimum Gasteiger partial charge on any atom is -0.494 e. The Morgan fingerprint density at radius 3 is 2.06 bits per heavy atom. The summed E-state index contributed by atoms with van der Waals surface area (Å²) in [6.07, 6.45) is 11.7. The highest BCUT2D eigenvalue weighted by atomic mass is 16.3. The number of aliphatic imine (C=N–C) groups is 1. The third-order valence-electron chi connectivity index (χ3n) is 8.00. The Morgan fingerprint density at radius 1 is 0.914 bits per heavy atom. The van der Waals surface area contributed by atoms with Crippen LogP contribution >= 0.6 is 0 Å². The van der Waals surface area contributed by atoms with Crippen LogP contribution in [0.25, 0.3) is 0 Å². The van der Waals surface area contributed by atoms with Gasteiger partial charge in [0, 0.05) is 57.4 Å². The Balaban J connectivity index is 1.52. The van der Waals surface area contributed by atoms with Gasteiger partial charge in [-0.3, -0.25) is 28.6 Å². The largest absolute Gasteiger partial charge is 0.494 e. The summed E-state index contributed by atoms with van der Waals surface area (Å²) in [4.78, 5) is 47.4. The van der Waals surface area contributed by atoms with Crippen molar-refractivity contribution in [1.82, 2.24) is 18.9 Å². The highest BCUT2D eigenvalue weighted by Crippen LogP contribution is 2.31. The van der Waals surface area contributed by atoms with Crippen LogP contribution in [0.2, 0.25) is 0 Å². The summed E-state index contributed by atoms with van der Waals surface area (Å²) in [5.41, 5.74) is -0.635. The van der Waals surface area contributed by atoms with Gasteiger partial charge in [-0.15, -0.1) is 0 Å². The van der Waals surface area contributed by atoms with Crippen LogP contribution in [0.5, 0.6) is 5.88 Å². The Kier molecular flexibility index (Phi) is 8.81. The molecule has 0 unspecified atom stereocenters. The van der Waals surface area contributed by atoms with E-state index in [0.717, 1.165) is 96.9 Å². The number of hydrogen-bond acceptors (Lipinski definition) is 6. The quantitative estimate of drug-likeness (QED) is 0.596. The molecule has 0 aromatic carbocycles. The molecular weight excluding hydrogens is 446 g/mol. The fraction of sp³-hybridized carbons (Fsp3) is 0.769. The fourth-order valence-electron chi connectivity index (χ4n) is 5.89. The Bertz CT molecular complexity index is 1010. The second kappa shape index (κ2) is 12.0. The Hall–Kier alpha value is -2.42. The van der Waals surface area contributed by atoms with Gasteiger partial charge < -0.3 is 10.0 Å². The molecule has 0 bridgehead atoms. The van der Waals surface area contributed by atoms with Gasteiger partial charge in [0.05, 0.1) is 6.54 Å². The number of rotatable bonds is 7. The van der Waals surface area contributed by atoms with Crippen molar-refractivity contribution in [2.45, 2.75) is 89.6 Å². The lowest BCUT2D eigenvalue weighted by Gasteiger charge is -2.34. The maximum Gasteiger partial charge on any atom is 0.334 e. The second-order valence-corrected chi connectivity index (χ2v) is 10.3. The van der Waals surface area contributed by atoms with Crippen molar-refractivity contribution in [3.8, 4) is 5.88 Å². The Labute approximate surface area is 207 Å². The monoisotopic (exact) mass is 487 g/mol. The predicted octanol–water partition coefficient (Wildman–Crippen LogP) is 2.70. The van der Waals surface area contributed by atoms with Gasteiger partial charge >= 0.3 is 5.69 Å². The van der Waals surface area contributed by atoms with Crippen molar-refractivity contribution in [3.05, 3.63) is 26.4 Å². The highest BCUT2D eigenvalue weighted by molar-refractivity contribution is 5.82. The van der Waals surface area contributed by atoms with Crippen LogP contribution in [0, 0.1) is 0 Å². The molecule has 1 aliphatic heterocycles. The minimum absolute atomic E-state index is 0.0685. The fourth-order valence-corrected chi connectivity index (χ4v) is 5.89. The number of hydrogen-bond donors (Lipinski definition) is 1. The van der Waals surface area contributed by atoms with Crippen molar-refractivity contribution in [2.24, 2.45) is 4.99 Å². The van der Waals surface area contributed by atoms with Gasteiger partial charge in [0.2, 0.25) is 11.8 Å². The smallest absolute Gasteiger partial charge is 0.334 e. The summed E-state index contributed by atoms with van der Waals surface area (Å²) in [6.45, 7) is 6.20. The van der Waals surface area contributed by atoms with Crippen LogP contribution < -0.4 is 11.2 Å². The SMILES string of the molecule is CCC(=O)N1CCN(CCN=Cc2c(O)n(C3CCCCC3)c(=O)n(C3CCCCC3)c2=O)CC1. The first kappa shape index (κ1) is 25.7. The number of aromatic nitrogens is 2. The van der Waals surface area contributed by atoms with Crippen LogP contribution in [0.3, 0.4) is 0 Å². The van der Waals surface area contributed by atoms with Gasteiger partial charge in [-0.1, -0.05) is 45.4 Å². The topological polar surface area (TPSA) is 100 Å². The van der Waals surface area contributed by atoms with E-state index in [-0.39, 0.29) is 35.1 Å². The number of nitrogens with zero attached hydrogens (tertiary/aromatic N) is 5. The van der Waals surface area contributed by atoms with E-state index in [4.69, 9.17) is 0 Å². The normalized spacial score (nSPS) is 21.1. The molecule has 3 fully saturated rings. The maximum absolute atomic E-state index is 13.5. The molecule has 1 aromatic rings. The van der Waals surface area contributed by atoms with E-state index in [2.05, 4.69) is 9.89 Å². The van der Waals surface area contributed by atoms with Gasteiger partial charge in [-0.2, -0.15) is 0 Å². The minimum atomic E-state index is -0.415. The molecule has 1 N–H and O–H groups in total. The third kappa shape index (κ3) is 5.88. The average Bonchev–Trinajstić information content (AvgIpc) is 2.89. The summed E-state index contributed by atoms with van der Waals surface area (Å²) >= 11 is 0. The molecule has 9 nitrogen and oxygen atoms in total. The van der Waals surface area contributed by atoms with Crippen LogP contribution in [0.15, 0.2) is 14.6 Å². The lowest BCUT2D eigenvalue weighted by molar-refractivity contribution is -0.132. The van der Waals surface area contributed by atoms with Gasteiger partial charge in [-0.25, -0.2) is 4.79 Å². The standard InChI is InChI=1S/C26H41N5O4/c1-2-23(32)29-17-15-28(16-18-29)14-13-27-19-22-24(33)30(20-9-5-3-6-10-20)26(35)31(25(22)34)21-11-7-4-8-12-21/h19-21,33H,2-18H2,1H3. The van der Waals surface area contributed by atoms with Crippen LogP contribution in [0.1, 0.15) is 95.2 Å². The number of aromatic hydroxyl groups is 1. The highest BCUT2D eigenvalue weighted by Gasteiger charge is 2.28. The van der Waals surface area contributed by atoms with Crippen LogP contribution in [-0.4, -0.2) is 75.4 Å². The van der Waals surface area contributed by atoms with E-state index in [1.54, 1.807) is 0 Å². The van der Waals surface area contributed by atoms with E-state index in [0.29, 0.717) is 13.0 Å². The molecule has 2 heterocycles. The molecule has 2 aliphatic carbocycles. The van der Waals surface area contributed by atoms with E-state index in [1.165, 1.54) is 15.3 Å². The molecule has 2 saturated carbocycles. The number of carbonyl (C=O) groups excluding carboxylic acids is 1. The summed E-state index contributed by atoms with van der Waals surface area (Å²) in [7, 11) is 0. The summed E-state index contributed by atoms with van der Waals surface area (Å²) in [6, 6.07) is -0.172. The second-order valence-electron chi connectivity index (χ2n) is 10.3. The molecule has 35 heavy (non-hydrogen) atoms. The first-order chi connectivity index (χ1) is 17.0. The summed E-state index contributed by atoms with van der Waals surface area (Å²) in [5.74, 6) is -0.0325. The molecule has 0 radical (unpaired) electrons. The van der Waals surface area contributed by atoms with Gasteiger partial charge in [-0.05, 0) is 25.7 Å². The van der Waals surface area contributed by atoms with Gasteiger partial charge in [0.15, 0.2) is 0 Å². The number of carbonyl (C=O) groups is 1. The van der Waals surface area contributed by atoms with Crippen molar-refractivity contribution in [3.63, 3.8) is 0 Å². The summed E-state index contributed by atoms with van der Waals surface area (Å²) in [5, 5.41) is 11.1. The number of amides is 1. The molecule has 3 aliphatic rings. The van der Waals surface area contributed by atoms with E-state index < -0.39 is 5.56 Å². The van der Waals surface area contributed by atoms with Crippen molar-refractivity contribution in [2.75, 3.05) is 39.3 Å². The van der Waals surface area contributed by atoms with Crippen LogP contribution in [-0.2, 0) is 4.79 Å². The van der Waals surface area contributed by atoms with Crippen LogP contribution in [0.4, 0.5) is 0 Å². The van der Waals surface area contributed by atoms with Crippen molar-refractivity contribution < 1.29 is 9.90 Å². The van der Waals surface area contributed by atoms with E-state index in [9.17, 15) is 19.5 Å². The molecule has 4 rings (SSSR count). The van der Waals surface area contributed by atoms with E-state index in [1.807, 2.05) is 11.8 Å². The average molecular weight is 488 g/mol. The van der Waals surface area contributed by atoms with E-state index >= 15 is 0 Å². The predicted molar refractivity (Wildman–Crippen MR) is 137 cm³/mol. The van der Waals surface area contributed by atoms with Crippen molar-refractivity contribution >= 4 is 12.1 Å². The zero-order valence-corrected chi connectivity index (χ0v) is 21.2. The molecule has 0 atom stereocenters. The zero-order valence-electron chi connectivity index (χ0n) is 21.2. The third-order valence-corrected chi connectivity index (χ3v) is 8.00. The molecule has 1 saturated heterocycles.